The van der Waals surface area contributed by atoms with E-state index < -0.39 is 34.3 Å². The summed E-state index contributed by atoms with van der Waals surface area (Å²) in [6.07, 6.45) is 1.03. The summed E-state index contributed by atoms with van der Waals surface area (Å²) < 4.78 is 42.3. The molecule has 0 bridgehead atoms. The third-order valence-electron chi connectivity index (χ3n) is 6.38. The Kier molecular flexibility index (Phi) is 10.5. The lowest BCUT2D eigenvalue weighted by Crippen LogP contribution is -2.53. The molecule has 0 heterocycles. The molecule has 0 radical (unpaired) electrons. The molecule has 3 aromatic rings. The van der Waals surface area contributed by atoms with Crippen molar-refractivity contribution in [2.24, 2.45) is 0 Å². The van der Waals surface area contributed by atoms with Gasteiger partial charge in [-0.3, -0.25) is 13.9 Å². The molecule has 3 rings (SSSR count). The Morgan fingerprint density at radius 3 is 2.13 bits per heavy atom. The molecule has 2 atom stereocenters. The van der Waals surface area contributed by atoms with Crippen molar-refractivity contribution < 1.29 is 22.4 Å². The minimum absolute atomic E-state index is 0.0235. The van der Waals surface area contributed by atoms with Crippen molar-refractivity contribution in [2.45, 2.75) is 57.1 Å². The summed E-state index contributed by atoms with van der Waals surface area (Å²) in [6, 6.07) is 19.3. The molecule has 0 aromatic heterocycles. The summed E-state index contributed by atoms with van der Waals surface area (Å²) in [5, 5.41) is 2.65. The number of halogens is 2. The van der Waals surface area contributed by atoms with Crippen molar-refractivity contribution in [1.82, 2.24) is 10.2 Å². The van der Waals surface area contributed by atoms with E-state index in [4.69, 9.17) is 11.6 Å². The molecule has 1 N–H and O–H groups in total. The highest BCUT2D eigenvalue weighted by atomic mass is 35.5. The molecule has 3 aromatic carbocycles. The van der Waals surface area contributed by atoms with Crippen LogP contribution in [0.5, 0.6) is 0 Å². The second-order valence-corrected chi connectivity index (χ2v) is 11.4. The van der Waals surface area contributed by atoms with Gasteiger partial charge in [-0.1, -0.05) is 74.0 Å². The molecule has 7 nitrogen and oxygen atoms in total. The van der Waals surface area contributed by atoms with Crippen molar-refractivity contribution >= 4 is 39.1 Å². The van der Waals surface area contributed by atoms with E-state index in [9.17, 15) is 22.4 Å². The Morgan fingerprint density at radius 1 is 0.949 bits per heavy atom. The van der Waals surface area contributed by atoms with Crippen LogP contribution in [0.15, 0.2) is 83.8 Å². The van der Waals surface area contributed by atoms with Crippen LogP contribution in [-0.4, -0.2) is 43.8 Å². The average molecular weight is 574 g/mol. The minimum atomic E-state index is -4.26. The van der Waals surface area contributed by atoms with Crippen LogP contribution >= 0.6 is 11.6 Å². The highest BCUT2D eigenvalue weighted by Crippen LogP contribution is 2.28. The Balaban J connectivity index is 2.06. The summed E-state index contributed by atoms with van der Waals surface area (Å²) in [5.74, 6) is -1.63. The largest absolute Gasteiger partial charge is 0.352 e. The Morgan fingerprint density at radius 2 is 1.56 bits per heavy atom. The monoisotopic (exact) mass is 573 g/mol. The lowest BCUT2D eigenvalue weighted by molar-refractivity contribution is -0.140. The van der Waals surface area contributed by atoms with Crippen molar-refractivity contribution in [3.63, 3.8) is 0 Å². The summed E-state index contributed by atoms with van der Waals surface area (Å²) in [6.45, 7) is 5.08. The van der Waals surface area contributed by atoms with Gasteiger partial charge in [0.05, 0.1) is 15.6 Å². The molecule has 39 heavy (non-hydrogen) atoms. The van der Waals surface area contributed by atoms with Crippen LogP contribution in [0.25, 0.3) is 0 Å². The van der Waals surface area contributed by atoms with Crippen LogP contribution in [0.3, 0.4) is 0 Å². The normalized spacial score (nSPS) is 12.8. The van der Waals surface area contributed by atoms with Gasteiger partial charge < -0.3 is 10.2 Å². The van der Waals surface area contributed by atoms with E-state index in [0.29, 0.717) is 12.8 Å². The first-order valence-electron chi connectivity index (χ1n) is 12.7. The number of hydrogen-bond acceptors (Lipinski definition) is 4. The molecule has 0 aliphatic heterocycles. The van der Waals surface area contributed by atoms with E-state index in [-0.39, 0.29) is 34.1 Å². The molecule has 0 saturated heterocycles. The first-order valence-corrected chi connectivity index (χ1v) is 14.6. The lowest BCUT2D eigenvalue weighted by atomic mass is 10.1. The van der Waals surface area contributed by atoms with Crippen molar-refractivity contribution in [1.29, 1.82) is 0 Å². The molecule has 2 amide bonds. The smallest absolute Gasteiger partial charge is 0.264 e. The zero-order chi connectivity index (χ0) is 28.6. The third-order valence-corrected chi connectivity index (χ3v) is 8.46. The predicted molar refractivity (Wildman–Crippen MR) is 151 cm³/mol. The maximum Gasteiger partial charge on any atom is 0.264 e. The molecule has 0 unspecified atom stereocenters. The lowest BCUT2D eigenvalue weighted by Gasteiger charge is -2.33. The van der Waals surface area contributed by atoms with Crippen LogP contribution in [0.4, 0.5) is 10.1 Å². The predicted octanol–water partition coefficient (Wildman–Crippen LogP) is 5.40. The standard InChI is InChI=1S/C29H33ClFN3O4S/c1-4-21(3)32-29(36)27(5-2)33(19-22-12-8-6-9-13-22)28(35)20-34(23-16-17-26(31)25(30)18-23)39(37,38)24-14-10-7-11-15-24/h6-18,21,27H,4-5,19-20H2,1-3H3,(H,32,36)/t21-,27-/m1/s1. The SMILES string of the molecule is CC[C@@H](C)NC(=O)[C@@H](CC)N(Cc1ccccc1)C(=O)CN(c1ccc(F)c(Cl)c1)S(=O)(=O)c1ccccc1. The summed E-state index contributed by atoms with van der Waals surface area (Å²) in [4.78, 5) is 28.5. The van der Waals surface area contributed by atoms with Crippen molar-refractivity contribution in [3.05, 3.63) is 95.3 Å². The highest BCUT2D eigenvalue weighted by Gasteiger charge is 2.34. The number of sulfonamides is 1. The number of benzene rings is 3. The molecule has 0 saturated carbocycles. The van der Waals surface area contributed by atoms with Gasteiger partial charge in [0, 0.05) is 12.6 Å². The first kappa shape index (κ1) is 30.1. The molecular formula is C29H33ClFN3O4S. The number of nitrogens with one attached hydrogen (secondary N) is 1. The Labute approximate surface area is 234 Å². The minimum Gasteiger partial charge on any atom is -0.352 e. The number of anilines is 1. The third kappa shape index (κ3) is 7.58. The van der Waals surface area contributed by atoms with E-state index >= 15 is 0 Å². The van der Waals surface area contributed by atoms with Crippen LogP contribution in [0.1, 0.15) is 39.2 Å². The van der Waals surface area contributed by atoms with Crippen molar-refractivity contribution in [3.8, 4) is 0 Å². The number of carbonyl (C=O) groups excluding carboxylic acids is 2. The van der Waals surface area contributed by atoms with Gasteiger partial charge in [-0.15, -0.1) is 0 Å². The quantitative estimate of drug-likeness (QED) is 0.314. The Bertz CT molecular complexity index is 1370. The zero-order valence-corrected chi connectivity index (χ0v) is 23.8. The molecule has 0 spiro atoms. The zero-order valence-electron chi connectivity index (χ0n) is 22.2. The van der Waals surface area contributed by atoms with Gasteiger partial charge in [-0.25, -0.2) is 12.8 Å². The van der Waals surface area contributed by atoms with Gasteiger partial charge in [0.2, 0.25) is 11.8 Å². The van der Waals surface area contributed by atoms with Gasteiger partial charge in [0.25, 0.3) is 10.0 Å². The fourth-order valence-electron chi connectivity index (χ4n) is 4.03. The fraction of sp³-hybridized carbons (Fsp3) is 0.310. The van der Waals surface area contributed by atoms with Gasteiger partial charge in [-0.05, 0) is 55.7 Å². The van der Waals surface area contributed by atoms with Crippen LogP contribution in [0.2, 0.25) is 5.02 Å². The first-order chi connectivity index (χ1) is 18.6. The number of rotatable bonds is 12. The summed E-state index contributed by atoms with van der Waals surface area (Å²) in [7, 11) is -4.26. The fourth-order valence-corrected chi connectivity index (χ4v) is 5.63. The highest BCUT2D eigenvalue weighted by molar-refractivity contribution is 7.92. The molecule has 0 fully saturated rings. The van der Waals surface area contributed by atoms with E-state index in [1.54, 1.807) is 25.1 Å². The van der Waals surface area contributed by atoms with E-state index in [1.165, 1.54) is 29.2 Å². The maximum absolute atomic E-state index is 14.0. The van der Waals surface area contributed by atoms with Crippen molar-refractivity contribution in [2.75, 3.05) is 10.8 Å². The molecule has 0 aliphatic carbocycles. The van der Waals surface area contributed by atoms with Crippen LogP contribution in [0, 0.1) is 5.82 Å². The van der Waals surface area contributed by atoms with Gasteiger partial charge >= 0.3 is 0 Å². The summed E-state index contributed by atoms with van der Waals surface area (Å²) >= 11 is 5.99. The van der Waals surface area contributed by atoms with Gasteiger partial charge in [0.15, 0.2) is 0 Å². The van der Waals surface area contributed by atoms with Gasteiger partial charge in [0.1, 0.15) is 18.4 Å². The molecule has 10 heteroatoms. The van der Waals surface area contributed by atoms with E-state index in [1.807, 2.05) is 44.2 Å². The topological polar surface area (TPSA) is 86.8 Å². The summed E-state index contributed by atoms with van der Waals surface area (Å²) in [5.41, 5.74) is 0.804. The number of amides is 2. The molecule has 208 valence electrons. The number of hydrogen-bond donors (Lipinski definition) is 1. The molecule has 0 aliphatic rings. The van der Waals surface area contributed by atoms with Crippen LogP contribution < -0.4 is 9.62 Å². The van der Waals surface area contributed by atoms with Gasteiger partial charge in [-0.2, -0.15) is 0 Å². The second-order valence-electron chi connectivity index (χ2n) is 9.17. The van der Waals surface area contributed by atoms with Crippen LogP contribution in [-0.2, 0) is 26.2 Å². The molecular weight excluding hydrogens is 541 g/mol. The number of nitrogens with zero attached hydrogens (tertiary/aromatic N) is 2. The average Bonchev–Trinajstić information content (AvgIpc) is 2.93. The Hall–Kier alpha value is -3.43. The second kappa shape index (κ2) is 13.6. The maximum atomic E-state index is 14.0. The number of carbonyl (C=O) groups is 2. The van der Waals surface area contributed by atoms with E-state index in [2.05, 4.69) is 5.32 Å². The van der Waals surface area contributed by atoms with E-state index in [0.717, 1.165) is 15.9 Å².